The summed E-state index contributed by atoms with van der Waals surface area (Å²) in [6, 6.07) is 8.30. The molecule has 0 bridgehead atoms. The molecule has 4 nitrogen and oxygen atoms in total. The maximum absolute atomic E-state index is 12.4. The van der Waals surface area contributed by atoms with Crippen LogP contribution in [0.5, 0.6) is 0 Å². The van der Waals surface area contributed by atoms with Crippen LogP contribution < -0.4 is 0 Å². The molecule has 0 saturated carbocycles. The molecule has 0 spiro atoms. The lowest BCUT2D eigenvalue weighted by molar-refractivity contribution is 0.386. The summed E-state index contributed by atoms with van der Waals surface area (Å²) in [5, 5.41) is 1.21. The Morgan fingerprint density at radius 3 is 2.95 bits per heavy atom. The number of hydrogen-bond acceptors (Lipinski definition) is 2. The summed E-state index contributed by atoms with van der Waals surface area (Å²) in [6.07, 6.45) is 5.43. The van der Waals surface area contributed by atoms with E-state index in [2.05, 4.69) is 17.1 Å². The summed E-state index contributed by atoms with van der Waals surface area (Å²) >= 11 is 0. The highest BCUT2D eigenvalue weighted by Gasteiger charge is 2.33. The van der Waals surface area contributed by atoms with Crippen molar-refractivity contribution in [2.24, 2.45) is 0 Å². The van der Waals surface area contributed by atoms with Crippen LogP contribution in [0.4, 0.5) is 0 Å². The van der Waals surface area contributed by atoms with Gasteiger partial charge in [-0.15, -0.1) is 0 Å². The van der Waals surface area contributed by atoms with E-state index in [1.54, 1.807) is 4.31 Å². The van der Waals surface area contributed by atoms with Crippen molar-refractivity contribution in [2.75, 3.05) is 12.3 Å². The number of para-hydroxylation sites is 1. The monoisotopic (exact) mass is 306 g/mol. The van der Waals surface area contributed by atoms with Crippen LogP contribution in [-0.2, 0) is 16.4 Å². The van der Waals surface area contributed by atoms with Gasteiger partial charge < -0.3 is 4.98 Å². The van der Waals surface area contributed by atoms with Crippen LogP contribution in [0.25, 0.3) is 10.9 Å². The number of aromatic amines is 1. The first-order chi connectivity index (χ1) is 10.1. The Bertz CT molecular complexity index is 721. The number of aromatic nitrogens is 1. The van der Waals surface area contributed by atoms with Crippen molar-refractivity contribution in [1.29, 1.82) is 0 Å². The first-order valence-electron chi connectivity index (χ1n) is 7.66. The van der Waals surface area contributed by atoms with E-state index in [0.717, 1.165) is 24.8 Å². The summed E-state index contributed by atoms with van der Waals surface area (Å²) in [4.78, 5) is 3.27. The largest absolute Gasteiger partial charge is 0.361 e. The molecule has 0 aliphatic carbocycles. The van der Waals surface area contributed by atoms with Gasteiger partial charge >= 0.3 is 0 Å². The minimum Gasteiger partial charge on any atom is -0.361 e. The van der Waals surface area contributed by atoms with E-state index in [4.69, 9.17) is 0 Å². The van der Waals surface area contributed by atoms with Gasteiger partial charge in [0.2, 0.25) is 10.0 Å². The summed E-state index contributed by atoms with van der Waals surface area (Å²) in [6.45, 7) is 2.59. The third-order valence-corrected chi connectivity index (χ3v) is 6.39. The second-order valence-corrected chi connectivity index (χ2v) is 7.83. The molecule has 21 heavy (non-hydrogen) atoms. The highest BCUT2D eigenvalue weighted by molar-refractivity contribution is 7.89. The molecule has 1 N–H and O–H groups in total. The van der Waals surface area contributed by atoms with Crippen molar-refractivity contribution in [1.82, 2.24) is 9.29 Å². The standard InChI is InChI=1S/C16H22N2O2S/c1-2-10-21(19,20)18-9-5-6-14(18)11-13-12-17-16-8-4-3-7-15(13)16/h3-4,7-8,12,14,17H,2,5-6,9-11H2,1H3. The minimum atomic E-state index is -3.09. The van der Waals surface area contributed by atoms with E-state index in [1.807, 2.05) is 25.3 Å². The van der Waals surface area contributed by atoms with Crippen molar-refractivity contribution in [3.8, 4) is 0 Å². The fraction of sp³-hybridized carbons (Fsp3) is 0.500. The Balaban J connectivity index is 1.84. The summed E-state index contributed by atoms with van der Waals surface area (Å²) < 4.78 is 26.4. The van der Waals surface area contributed by atoms with Gasteiger partial charge in [0.1, 0.15) is 0 Å². The lowest BCUT2D eigenvalue weighted by Gasteiger charge is -2.23. The molecule has 1 unspecified atom stereocenters. The molecule has 1 fully saturated rings. The van der Waals surface area contributed by atoms with Crippen LogP contribution in [0.1, 0.15) is 31.7 Å². The van der Waals surface area contributed by atoms with Gasteiger partial charge in [0, 0.05) is 29.7 Å². The third-order valence-electron chi connectivity index (χ3n) is 4.27. The number of H-pyrrole nitrogens is 1. The quantitative estimate of drug-likeness (QED) is 0.923. The molecule has 2 aromatic rings. The summed E-state index contributed by atoms with van der Waals surface area (Å²) in [7, 11) is -3.09. The maximum Gasteiger partial charge on any atom is 0.214 e. The normalized spacial score (nSPS) is 20.3. The Labute approximate surface area is 126 Å². The van der Waals surface area contributed by atoms with Gasteiger partial charge in [-0.1, -0.05) is 25.1 Å². The molecular formula is C16H22N2O2S. The number of nitrogens with zero attached hydrogens (tertiary/aromatic N) is 1. The van der Waals surface area contributed by atoms with Gasteiger partial charge in [-0.3, -0.25) is 0 Å². The molecule has 3 rings (SSSR count). The molecular weight excluding hydrogens is 284 g/mol. The highest BCUT2D eigenvalue weighted by Crippen LogP contribution is 2.27. The third kappa shape index (κ3) is 2.85. The summed E-state index contributed by atoms with van der Waals surface area (Å²) in [5.74, 6) is 0.261. The molecule has 1 saturated heterocycles. The number of rotatable bonds is 5. The van der Waals surface area contributed by atoms with E-state index >= 15 is 0 Å². The maximum atomic E-state index is 12.4. The first-order valence-corrected chi connectivity index (χ1v) is 9.27. The highest BCUT2D eigenvalue weighted by atomic mass is 32.2. The Morgan fingerprint density at radius 2 is 2.14 bits per heavy atom. The average Bonchev–Trinajstić information content (AvgIpc) is 3.07. The molecule has 114 valence electrons. The molecule has 0 radical (unpaired) electrons. The zero-order chi connectivity index (χ0) is 14.9. The number of sulfonamides is 1. The van der Waals surface area contributed by atoms with Crippen molar-refractivity contribution in [3.05, 3.63) is 36.0 Å². The van der Waals surface area contributed by atoms with Crippen molar-refractivity contribution in [3.63, 3.8) is 0 Å². The molecule has 1 aromatic heterocycles. The Morgan fingerprint density at radius 1 is 1.33 bits per heavy atom. The zero-order valence-electron chi connectivity index (χ0n) is 12.4. The van der Waals surface area contributed by atoms with Gasteiger partial charge in [-0.2, -0.15) is 4.31 Å². The lowest BCUT2D eigenvalue weighted by atomic mass is 10.0. The fourth-order valence-electron chi connectivity index (χ4n) is 3.31. The van der Waals surface area contributed by atoms with Gasteiger partial charge in [-0.05, 0) is 37.3 Å². The van der Waals surface area contributed by atoms with Gasteiger partial charge in [0.25, 0.3) is 0 Å². The van der Waals surface area contributed by atoms with E-state index in [-0.39, 0.29) is 11.8 Å². The Kier molecular flexibility index (Phi) is 4.04. The Hall–Kier alpha value is -1.33. The number of benzene rings is 1. The SMILES string of the molecule is CCCS(=O)(=O)N1CCCC1Cc1c[nH]c2ccccc12. The van der Waals surface area contributed by atoms with Crippen LogP contribution >= 0.6 is 0 Å². The van der Waals surface area contributed by atoms with Crippen LogP contribution in [0.2, 0.25) is 0 Å². The molecule has 0 amide bonds. The van der Waals surface area contributed by atoms with Crippen LogP contribution in [0, 0.1) is 0 Å². The van der Waals surface area contributed by atoms with Gasteiger partial charge in [0.05, 0.1) is 5.75 Å². The van der Waals surface area contributed by atoms with Crippen molar-refractivity contribution in [2.45, 2.75) is 38.6 Å². The van der Waals surface area contributed by atoms with Crippen molar-refractivity contribution < 1.29 is 8.42 Å². The smallest absolute Gasteiger partial charge is 0.214 e. The van der Waals surface area contributed by atoms with Crippen molar-refractivity contribution >= 4 is 20.9 Å². The fourth-order valence-corrected chi connectivity index (χ4v) is 5.10. The number of nitrogens with one attached hydrogen (secondary N) is 1. The molecule has 1 aliphatic rings. The predicted octanol–water partition coefficient (Wildman–Crippen LogP) is 2.91. The van der Waals surface area contributed by atoms with E-state index in [0.29, 0.717) is 13.0 Å². The topological polar surface area (TPSA) is 53.2 Å². The summed E-state index contributed by atoms with van der Waals surface area (Å²) in [5.41, 5.74) is 2.34. The second-order valence-electron chi connectivity index (χ2n) is 5.79. The molecule has 1 atom stereocenters. The first kappa shape index (κ1) is 14.6. The van der Waals surface area contributed by atoms with Gasteiger partial charge in [0.15, 0.2) is 0 Å². The van der Waals surface area contributed by atoms with Crippen LogP contribution in [-0.4, -0.2) is 36.0 Å². The van der Waals surface area contributed by atoms with E-state index in [9.17, 15) is 8.42 Å². The molecule has 1 aromatic carbocycles. The minimum absolute atomic E-state index is 0.112. The second kappa shape index (κ2) is 5.81. The van der Waals surface area contributed by atoms with Crippen LogP contribution in [0.15, 0.2) is 30.5 Å². The zero-order valence-corrected chi connectivity index (χ0v) is 13.2. The lowest BCUT2D eigenvalue weighted by Crippen LogP contribution is -2.38. The van der Waals surface area contributed by atoms with E-state index in [1.165, 1.54) is 10.9 Å². The number of fused-ring (bicyclic) bond motifs is 1. The molecule has 1 aliphatic heterocycles. The van der Waals surface area contributed by atoms with Gasteiger partial charge in [-0.25, -0.2) is 8.42 Å². The van der Waals surface area contributed by atoms with Crippen LogP contribution in [0.3, 0.4) is 0 Å². The predicted molar refractivity (Wildman–Crippen MR) is 85.8 cm³/mol. The molecule has 5 heteroatoms. The average molecular weight is 306 g/mol. The number of hydrogen-bond donors (Lipinski definition) is 1. The van der Waals surface area contributed by atoms with E-state index < -0.39 is 10.0 Å². The molecule has 2 heterocycles.